The molecule has 5 nitrogen and oxygen atoms in total. The van der Waals surface area contributed by atoms with Crippen LogP contribution in [-0.4, -0.2) is 75.8 Å². The van der Waals surface area contributed by atoms with Crippen LogP contribution in [0, 0.1) is 0 Å². The predicted octanol–water partition coefficient (Wildman–Crippen LogP) is 0.864. The second kappa shape index (κ2) is 11.5. The van der Waals surface area contributed by atoms with Gasteiger partial charge in [0.1, 0.15) is 0 Å². The molecular weight excluding hydrogens is 256 g/mol. The summed E-state index contributed by atoms with van der Waals surface area (Å²) < 4.78 is 11.2. The lowest BCUT2D eigenvalue weighted by atomic mass is 9.98. The Morgan fingerprint density at radius 3 is 2.65 bits per heavy atom. The van der Waals surface area contributed by atoms with Crippen LogP contribution in [0.15, 0.2) is 0 Å². The number of rotatable bonds is 11. The molecule has 0 amide bonds. The maximum atomic E-state index is 9.82. The fourth-order valence-electron chi connectivity index (χ4n) is 2.30. The predicted molar refractivity (Wildman–Crippen MR) is 81.1 cm³/mol. The summed E-state index contributed by atoms with van der Waals surface area (Å²) in [6, 6.07) is 0. The van der Waals surface area contributed by atoms with Gasteiger partial charge in [0, 0.05) is 19.6 Å². The van der Waals surface area contributed by atoms with Crippen molar-refractivity contribution in [1.82, 2.24) is 10.2 Å². The van der Waals surface area contributed by atoms with E-state index in [1.165, 1.54) is 19.3 Å². The van der Waals surface area contributed by atoms with Gasteiger partial charge in [0.25, 0.3) is 0 Å². The standard InChI is InChI=1S/C15H32N2O3/c1-17(2)9-11-19-10-8-16-12-14(18)13-20-15-6-4-3-5-7-15/h14-16,18H,3-13H2,1-2H3. The highest BCUT2D eigenvalue weighted by Crippen LogP contribution is 2.20. The molecule has 0 aliphatic heterocycles. The Hall–Kier alpha value is -0.200. The summed E-state index contributed by atoms with van der Waals surface area (Å²) in [5, 5.41) is 13.0. The second-order valence-electron chi connectivity index (χ2n) is 5.87. The lowest BCUT2D eigenvalue weighted by Gasteiger charge is -2.23. The molecule has 0 spiro atoms. The van der Waals surface area contributed by atoms with E-state index in [-0.39, 0.29) is 0 Å². The third-order valence-corrected chi connectivity index (χ3v) is 3.56. The summed E-state index contributed by atoms with van der Waals surface area (Å²) in [7, 11) is 4.06. The van der Waals surface area contributed by atoms with Crippen molar-refractivity contribution in [2.45, 2.75) is 44.3 Å². The maximum absolute atomic E-state index is 9.82. The molecule has 0 aromatic heterocycles. The normalized spacial score (nSPS) is 18.6. The van der Waals surface area contributed by atoms with Gasteiger partial charge in [-0.2, -0.15) is 0 Å². The third-order valence-electron chi connectivity index (χ3n) is 3.56. The third kappa shape index (κ3) is 9.66. The van der Waals surface area contributed by atoms with Crippen molar-refractivity contribution in [3.8, 4) is 0 Å². The summed E-state index contributed by atoms with van der Waals surface area (Å²) in [5.74, 6) is 0. The molecule has 1 rings (SSSR count). The van der Waals surface area contributed by atoms with Gasteiger partial charge in [-0.15, -0.1) is 0 Å². The zero-order valence-electron chi connectivity index (χ0n) is 13.1. The number of ether oxygens (including phenoxy) is 2. The Labute approximate surface area is 123 Å². The number of aliphatic hydroxyl groups is 1. The first-order chi connectivity index (χ1) is 9.68. The van der Waals surface area contributed by atoms with Gasteiger partial charge < -0.3 is 24.8 Å². The van der Waals surface area contributed by atoms with Gasteiger partial charge in [-0.3, -0.25) is 0 Å². The van der Waals surface area contributed by atoms with Gasteiger partial charge >= 0.3 is 0 Å². The van der Waals surface area contributed by atoms with Crippen LogP contribution in [0.5, 0.6) is 0 Å². The number of hydrogen-bond acceptors (Lipinski definition) is 5. The molecule has 0 aromatic carbocycles. The number of aliphatic hydroxyl groups excluding tert-OH is 1. The van der Waals surface area contributed by atoms with Crippen molar-refractivity contribution in [3.05, 3.63) is 0 Å². The van der Waals surface area contributed by atoms with E-state index < -0.39 is 6.10 Å². The lowest BCUT2D eigenvalue weighted by molar-refractivity contribution is -0.0233. The maximum Gasteiger partial charge on any atom is 0.0897 e. The Bertz CT molecular complexity index is 221. The first kappa shape index (κ1) is 17.9. The number of nitrogens with zero attached hydrogens (tertiary/aromatic N) is 1. The zero-order chi connectivity index (χ0) is 14.6. The van der Waals surface area contributed by atoms with Crippen LogP contribution in [0.25, 0.3) is 0 Å². The Balaban J connectivity index is 1.85. The molecule has 0 heterocycles. The number of nitrogens with one attached hydrogen (secondary N) is 1. The van der Waals surface area contributed by atoms with Crippen molar-refractivity contribution in [2.75, 3.05) is 53.6 Å². The Kier molecular flexibility index (Phi) is 10.2. The first-order valence-corrected chi connectivity index (χ1v) is 7.91. The monoisotopic (exact) mass is 288 g/mol. The molecule has 1 aliphatic rings. The minimum absolute atomic E-state index is 0.368. The minimum Gasteiger partial charge on any atom is -0.389 e. The molecule has 0 radical (unpaired) electrons. The summed E-state index contributed by atoms with van der Waals surface area (Å²) in [6.07, 6.45) is 6.12. The molecule has 1 unspecified atom stereocenters. The van der Waals surface area contributed by atoms with Crippen LogP contribution in [0.4, 0.5) is 0 Å². The van der Waals surface area contributed by atoms with E-state index in [2.05, 4.69) is 10.2 Å². The van der Waals surface area contributed by atoms with Crippen LogP contribution in [0.3, 0.4) is 0 Å². The second-order valence-corrected chi connectivity index (χ2v) is 5.87. The molecule has 5 heteroatoms. The van der Waals surface area contributed by atoms with Gasteiger partial charge in [0.05, 0.1) is 32.0 Å². The highest BCUT2D eigenvalue weighted by molar-refractivity contribution is 4.67. The van der Waals surface area contributed by atoms with Crippen molar-refractivity contribution < 1.29 is 14.6 Å². The average molecular weight is 288 g/mol. The average Bonchev–Trinajstić information content (AvgIpc) is 2.45. The minimum atomic E-state index is -0.418. The molecule has 1 saturated carbocycles. The molecule has 0 aromatic rings. The highest BCUT2D eigenvalue weighted by Gasteiger charge is 2.15. The molecular formula is C15H32N2O3. The molecule has 0 bridgehead atoms. The molecule has 0 saturated heterocycles. The van der Waals surface area contributed by atoms with Gasteiger partial charge in [-0.05, 0) is 26.9 Å². The summed E-state index contributed by atoms with van der Waals surface area (Å²) in [6.45, 7) is 4.17. The van der Waals surface area contributed by atoms with Gasteiger partial charge in [-0.25, -0.2) is 0 Å². The molecule has 2 N–H and O–H groups in total. The molecule has 1 fully saturated rings. The van der Waals surface area contributed by atoms with Gasteiger partial charge in [0.15, 0.2) is 0 Å². The van der Waals surface area contributed by atoms with Crippen molar-refractivity contribution in [2.24, 2.45) is 0 Å². The smallest absolute Gasteiger partial charge is 0.0897 e. The van der Waals surface area contributed by atoms with E-state index in [9.17, 15) is 5.11 Å². The van der Waals surface area contributed by atoms with Crippen molar-refractivity contribution in [3.63, 3.8) is 0 Å². The molecule has 120 valence electrons. The summed E-state index contributed by atoms with van der Waals surface area (Å²) in [5.41, 5.74) is 0. The van der Waals surface area contributed by atoms with Crippen LogP contribution in [0.1, 0.15) is 32.1 Å². The van der Waals surface area contributed by atoms with Crippen LogP contribution in [0.2, 0.25) is 0 Å². The Morgan fingerprint density at radius 2 is 1.95 bits per heavy atom. The van der Waals surface area contributed by atoms with Crippen molar-refractivity contribution >= 4 is 0 Å². The molecule has 20 heavy (non-hydrogen) atoms. The van der Waals surface area contributed by atoms with E-state index in [1.54, 1.807) is 0 Å². The quantitative estimate of drug-likeness (QED) is 0.552. The van der Waals surface area contributed by atoms with Gasteiger partial charge in [-0.1, -0.05) is 19.3 Å². The van der Waals surface area contributed by atoms with E-state index in [0.29, 0.717) is 25.9 Å². The van der Waals surface area contributed by atoms with Crippen LogP contribution in [-0.2, 0) is 9.47 Å². The highest BCUT2D eigenvalue weighted by atomic mass is 16.5. The lowest BCUT2D eigenvalue weighted by Crippen LogP contribution is -2.34. The van der Waals surface area contributed by atoms with Crippen molar-refractivity contribution in [1.29, 1.82) is 0 Å². The van der Waals surface area contributed by atoms with E-state index in [4.69, 9.17) is 9.47 Å². The SMILES string of the molecule is CN(C)CCOCCNCC(O)COC1CCCCC1. The van der Waals surface area contributed by atoms with E-state index in [1.807, 2.05) is 14.1 Å². The Morgan fingerprint density at radius 1 is 1.20 bits per heavy atom. The molecule has 1 aliphatic carbocycles. The largest absolute Gasteiger partial charge is 0.389 e. The summed E-state index contributed by atoms with van der Waals surface area (Å²) >= 11 is 0. The van der Waals surface area contributed by atoms with E-state index in [0.717, 1.165) is 32.5 Å². The molecule has 1 atom stereocenters. The van der Waals surface area contributed by atoms with Crippen LogP contribution >= 0.6 is 0 Å². The first-order valence-electron chi connectivity index (χ1n) is 7.91. The zero-order valence-corrected chi connectivity index (χ0v) is 13.1. The fourth-order valence-corrected chi connectivity index (χ4v) is 2.30. The van der Waals surface area contributed by atoms with Crippen LogP contribution < -0.4 is 5.32 Å². The van der Waals surface area contributed by atoms with E-state index >= 15 is 0 Å². The fraction of sp³-hybridized carbons (Fsp3) is 1.00. The summed E-state index contributed by atoms with van der Waals surface area (Å²) in [4.78, 5) is 2.10. The number of likely N-dealkylation sites (N-methyl/N-ethyl adjacent to an activating group) is 1. The van der Waals surface area contributed by atoms with Gasteiger partial charge in [0.2, 0.25) is 0 Å². The topological polar surface area (TPSA) is 54.0 Å². The number of hydrogen-bond donors (Lipinski definition) is 2.